The lowest BCUT2D eigenvalue weighted by Crippen LogP contribution is -2.56. The molecule has 0 amide bonds. The summed E-state index contributed by atoms with van der Waals surface area (Å²) in [5.41, 5.74) is 3.68. The summed E-state index contributed by atoms with van der Waals surface area (Å²) in [6.45, 7) is 2.63. The van der Waals surface area contributed by atoms with Crippen LogP contribution in [0.2, 0.25) is 0 Å². The van der Waals surface area contributed by atoms with E-state index >= 15 is 0 Å². The Hall–Kier alpha value is -1.41. The Morgan fingerprint density at radius 3 is 2.55 bits per heavy atom. The second kappa shape index (κ2) is 7.73. The first-order valence-corrected chi connectivity index (χ1v) is 8.11. The Morgan fingerprint density at radius 1 is 1.41 bits per heavy atom. The molecule has 1 aliphatic carbocycles. The zero-order valence-corrected chi connectivity index (χ0v) is 13.5. The molecule has 0 heterocycles. The maximum absolute atomic E-state index is 11.9. The van der Waals surface area contributed by atoms with Crippen LogP contribution in [0.1, 0.15) is 26.7 Å². The highest BCUT2D eigenvalue weighted by Crippen LogP contribution is 2.32. The number of carboxylic acid groups (broad SMARTS) is 1. The molecule has 1 aliphatic rings. The number of thioether (sulfide) groups is 1. The van der Waals surface area contributed by atoms with Crippen molar-refractivity contribution in [2.24, 2.45) is 17.6 Å². The second-order valence-electron chi connectivity index (χ2n) is 5.52. The van der Waals surface area contributed by atoms with Crippen LogP contribution in [0.15, 0.2) is 0 Å². The molecule has 1 fully saturated rings. The zero-order valence-electron chi connectivity index (χ0n) is 12.7. The SMILES string of the molecule is CC(=O)OCC1CCC(=O)C1CSCC(N)(C(C)=O)C(=O)O. The summed E-state index contributed by atoms with van der Waals surface area (Å²) in [7, 11) is 0. The number of hydrogen-bond donors (Lipinski definition) is 2. The highest BCUT2D eigenvalue weighted by molar-refractivity contribution is 7.99. The summed E-state index contributed by atoms with van der Waals surface area (Å²) in [6, 6.07) is 0. The number of ketones is 2. The Labute approximate surface area is 132 Å². The van der Waals surface area contributed by atoms with Crippen molar-refractivity contribution in [2.45, 2.75) is 32.2 Å². The lowest BCUT2D eigenvalue weighted by Gasteiger charge is -2.23. The summed E-state index contributed by atoms with van der Waals surface area (Å²) in [5.74, 6) is -2.40. The lowest BCUT2D eigenvalue weighted by molar-refractivity contribution is -0.146. The van der Waals surface area contributed by atoms with Crippen LogP contribution < -0.4 is 5.73 Å². The van der Waals surface area contributed by atoms with E-state index in [0.717, 1.165) is 6.92 Å². The van der Waals surface area contributed by atoms with Gasteiger partial charge in [0.2, 0.25) is 0 Å². The van der Waals surface area contributed by atoms with Crippen LogP contribution in [0.4, 0.5) is 0 Å². The van der Waals surface area contributed by atoms with E-state index in [1.807, 2.05) is 0 Å². The van der Waals surface area contributed by atoms with Crippen LogP contribution in [0.5, 0.6) is 0 Å². The Balaban J connectivity index is 2.57. The fourth-order valence-electron chi connectivity index (χ4n) is 2.29. The zero-order chi connectivity index (χ0) is 16.9. The summed E-state index contributed by atoms with van der Waals surface area (Å²) in [5, 5.41) is 9.06. The maximum atomic E-state index is 11.9. The van der Waals surface area contributed by atoms with Crippen molar-refractivity contribution >= 4 is 35.3 Å². The van der Waals surface area contributed by atoms with Crippen LogP contribution in [-0.4, -0.2) is 52.3 Å². The van der Waals surface area contributed by atoms with Gasteiger partial charge < -0.3 is 15.6 Å². The van der Waals surface area contributed by atoms with Gasteiger partial charge >= 0.3 is 11.9 Å². The Morgan fingerprint density at radius 2 is 2.05 bits per heavy atom. The monoisotopic (exact) mass is 331 g/mol. The van der Waals surface area contributed by atoms with Crippen LogP contribution in [0.3, 0.4) is 0 Å². The molecule has 8 heteroatoms. The van der Waals surface area contributed by atoms with Gasteiger partial charge in [0, 0.05) is 36.7 Å². The smallest absolute Gasteiger partial charge is 0.332 e. The van der Waals surface area contributed by atoms with Crippen molar-refractivity contribution in [3.8, 4) is 0 Å². The average molecular weight is 331 g/mol. The first-order valence-electron chi connectivity index (χ1n) is 6.95. The van der Waals surface area contributed by atoms with E-state index in [9.17, 15) is 19.2 Å². The molecule has 3 unspecified atom stereocenters. The average Bonchev–Trinajstić information content (AvgIpc) is 2.76. The molecular formula is C14H21NO6S. The number of carbonyl (C=O) groups is 4. The van der Waals surface area contributed by atoms with Gasteiger partial charge in [-0.05, 0) is 13.3 Å². The van der Waals surface area contributed by atoms with Crippen molar-refractivity contribution in [3.63, 3.8) is 0 Å². The number of ether oxygens (including phenoxy) is 1. The van der Waals surface area contributed by atoms with E-state index in [4.69, 9.17) is 15.6 Å². The van der Waals surface area contributed by atoms with Gasteiger partial charge in [-0.15, -0.1) is 0 Å². The van der Waals surface area contributed by atoms with E-state index in [1.165, 1.54) is 18.7 Å². The highest BCUT2D eigenvalue weighted by atomic mass is 32.2. The van der Waals surface area contributed by atoms with E-state index in [2.05, 4.69) is 0 Å². The predicted molar refractivity (Wildman–Crippen MR) is 80.4 cm³/mol. The highest BCUT2D eigenvalue weighted by Gasteiger charge is 2.41. The molecule has 3 N–H and O–H groups in total. The van der Waals surface area contributed by atoms with Gasteiger partial charge in [0.05, 0.1) is 6.61 Å². The number of rotatable bonds is 8. The van der Waals surface area contributed by atoms with Crippen molar-refractivity contribution in [1.82, 2.24) is 0 Å². The normalized spacial score (nSPS) is 23.9. The van der Waals surface area contributed by atoms with E-state index in [1.54, 1.807) is 0 Å². The quantitative estimate of drug-likeness (QED) is 0.479. The first-order chi connectivity index (χ1) is 10.2. The molecule has 0 aromatic carbocycles. The largest absolute Gasteiger partial charge is 0.480 e. The van der Waals surface area contributed by atoms with Crippen LogP contribution >= 0.6 is 11.8 Å². The number of aliphatic carboxylic acids is 1. The Bertz CT molecular complexity index is 464. The number of Topliss-reactive ketones (excluding diaryl/α,β-unsaturated/α-hetero) is 2. The Kier molecular flexibility index (Phi) is 6.55. The van der Waals surface area contributed by atoms with Gasteiger partial charge in [-0.25, -0.2) is 4.79 Å². The number of esters is 1. The molecule has 0 aromatic heterocycles. The van der Waals surface area contributed by atoms with Gasteiger partial charge in [0.25, 0.3) is 0 Å². The van der Waals surface area contributed by atoms with Crippen molar-refractivity contribution < 1.29 is 29.0 Å². The van der Waals surface area contributed by atoms with E-state index < -0.39 is 23.3 Å². The third-order valence-electron chi connectivity index (χ3n) is 3.88. The van der Waals surface area contributed by atoms with Crippen molar-refractivity contribution in [2.75, 3.05) is 18.1 Å². The molecule has 1 rings (SSSR count). The minimum atomic E-state index is -1.93. The summed E-state index contributed by atoms with van der Waals surface area (Å²) in [4.78, 5) is 45.2. The van der Waals surface area contributed by atoms with E-state index in [-0.39, 0.29) is 30.0 Å². The molecule has 0 radical (unpaired) electrons. The van der Waals surface area contributed by atoms with Crippen LogP contribution in [0.25, 0.3) is 0 Å². The van der Waals surface area contributed by atoms with Crippen molar-refractivity contribution in [3.05, 3.63) is 0 Å². The van der Waals surface area contributed by atoms with Crippen molar-refractivity contribution in [1.29, 1.82) is 0 Å². The molecule has 0 aromatic rings. The molecule has 0 saturated heterocycles. The van der Waals surface area contributed by atoms with Gasteiger partial charge in [0.15, 0.2) is 11.3 Å². The molecular weight excluding hydrogens is 310 g/mol. The standard InChI is InChI=1S/C14H21NO6S/c1-8(16)14(15,13(19)20)7-22-6-11-10(3-4-12(11)18)5-21-9(2)17/h10-11H,3-7,15H2,1-2H3,(H,19,20). The number of hydrogen-bond acceptors (Lipinski definition) is 7. The molecule has 124 valence electrons. The summed E-state index contributed by atoms with van der Waals surface area (Å²) in [6.07, 6.45) is 1.08. The molecule has 3 atom stereocenters. The number of carbonyl (C=O) groups excluding carboxylic acids is 3. The fourth-order valence-corrected chi connectivity index (χ4v) is 3.77. The van der Waals surface area contributed by atoms with Crippen LogP contribution in [-0.2, 0) is 23.9 Å². The topological polar surface area (TPSA) is 124 Å². The van der Waals surface area contributed by atoms with Gasteiger partial charge in [-0.2, -0.15) is 11.8 Å². The second-order valence-corrected chi connectivity index (χ2v) is 6.55. The number of carboxylic acids is 1. The fraction of sp³-hybridized carbons (Fsp3) is 0.714. The third kappa shape index (κ3) is 4.54. The molecule has 22 heavy (non-hydrogen) atoms. The van der Waals surface area contributed by atoms with Gasteiger partial charge in [-0.3, -0.25) is 14.4 Å². The van der Waals surface area contributed by atoms with Crippen LogP contribution in [0, 0.1) is 11.8 Å². The molecule has 0 spiro atoms. The molecule has 1 saturated carbocycles. The summed E-state index contributed by atoms with van der Waals surface area (Å²) >= 11 is 1.17. The predicted octanol–water partition coefficient (Wildman–Crippen LogP) is 0.249. The molecule has 0 aliphatic heterocycles. The maximum Gasteiger partial charge on any atom is 0.332 e. The molecule has 7 nitrogen and oxygen atoms in total. The lowest BCUT2D eigenvalue weighted by atomic mass is 9.98. The van der Waals surface area contributed by atoms with Gasteiger partial charge in [0.1, 0.15) is 5.78 Å². The molecule has 0 bridgehead atoms. The van der Waals surface area contributed by atoms with E-state index in [0.29, 0.717) is 18.6 Å². The third-order valence-corrected chi connectivity index (χ3v) is 5.14. The number of nitrogens with two attached hydrogens (primary N) is 1. The van der Waals surface area contributed by atoms with Gasteiger partial charge in [-0.1, -0.05) is 0 Å². The summed E-state index contributed by atoms with van der Waals surface area (Å²) < 4.78 is 4.95. The minimum Gasteiger partial charge on any atom is -0.480 e. The minimum absolute atomic E-state index is 0.0572. The first kappa shape index (κ1) is 18.6.